The van der Waals surface area contributed by atoms with Gasteiger partial charge in [0.25, 0.3) is 5.91 Å². The summed E-state index contributed by atoms with van der Waals surface area (Å²) in [6, 6.07) is 5.85. The fraction of sp³-hybridized carbons (Fsp3) is 0.524. The zero-order valence-corrected chi connectivity index (χ0v) is 18.1. The Bertz CT molecular complexity index is 924. The van der Waals surface area contributed by atoms with Crippen molar-refractivity contribution in [1.29, 1.82) is 0 Å². The van der Waals surface area contributed by atoms with Crippen LogP contribution in [0, 0.1) is 0 Å². The Morgan fingerprint density at radius 3 is 1.91 bits per heavy atom. The molecule has 0 aliphatic carbocycles. The van der Waals surface area contributed by atoms with Gasteiger partial charge in [-0.1, -0.05) is 0 Å². The van der Waals surface area contributed by atoms with E-state index in [1.54, 1.807) is 4.90 Å². The molecule has 2 aliphatic heterocycles. The number of hydrogen-bond acceptors (Lipinski definition) is 8. The van der Waals surface area contributed by atoms with Crippen molar-refractivity contribution in [3.63, 3.8) is 0 Å². The van der Waals surface area contributed by atoms with Crippen molar-refractivity contribution < 1.29 is 23.1 Å². The molecule has 2 fully saturated rings. The van der Waals surface area contributed by atoms with Crippen LogP contribution in [0.4, 0.5) is 24.8 Å². The van der Waals surface area contributed by atoms with Crippen LogP contribution in [-0.4, -0.2) is 102 Å². The van der Waals surface area contributed by atoms with E-state index < -0.39 is 11.9 Å². The minimum absolute atomic E-state index is 0.139. The lowest BCUT2D eigenvalue weighted by Gasteiger charge is -2.36. The van der Waals surface area contributed by atoms with Gasteiger partial charge in [0.1, 0.15) is 5.69 Å². The molecule has 4 heterocycles. The number of anilines is 2. The van der Waals surface area contributed by atoms with Crippen LogP contribution in [0.3, 0.4) is 0 Å². The Labute approximate surface area is 189 Å². The molecule has 4 rings (SSSR count). The second-order valence-corrected chi connectivity index (χ2v) is 8.01. The Kier molecular flexibility index (Phi) is 6.94. The van der Waals surface area contributed by atoms with Gasteiger partial charge in [-0.25, -0.2) is 0 Å². The first-order chi connectivity index (χ1) is 15.8. The highest BCUT2D eigenvalue weighted by Gasteiger charge is 2.32. The monoisotopic (exact) mass is 465 g/mol. The Morgan fingerprint density at radius 2 is 1.45 bits per heavy atom. The molecule has 12 heteroatoms. The average molecular weight is 465 g/mol. The van der Waals surface area contributed by atoms with Crippen LogP contribution in [0.15, 0.2) is 30.5 Å². The van der Waals surface area contributed by atoms with Crippen LogP contribution in [-0.2, 0) is 6.18 Å². The number of amides is 1. The maximum absolute atomic E-state index is 12.7. The normalized spacial score (nSPS) is 18.0. The summed E-state index contributed by atoms with van der Waals surface area (Å²) in [6.45, 7) is 6.19. The van der Waals surface area contributed by atoms with Crippen molar-refractivity contribution in [2.45, 2.75) is 6.18 Å². The summed E-state index contributed by atoms with van der Waals surface area (Å²) in [4.78, 5) is 24.0. The molecule has 0 aromatic carbocycles. The first kappa shape index (κ1) is 23.2. The number of aromatic nitrogens is 3. The predicted molar refractivity (Wildman–Crippen MR) is 115 cm³/mol. The van der Waals surface area contributed by atoms with Gasteiger partial charge in [0.2, 0.25) is 0 Å². The molecule has 2 aliphatic rings. The van der Waals surface area contributed by atoms with E-state index in [0.717, 1.165) is 50.1 Å². The molecule has 178 valence electrons. The third kappa shape index (κ3) is 5.50. The molecule has 0 spiro atoms. The van der Waals surface area contributed by atoms with E-state index in [1.165, 1.54) is 6.07 Å². The molecule has 0 saturated carbocycles. The number of β-amino-alcohol motifs (C(OH)–C–C–N with tert-alkyl or cyclic N) is 1. The van der Waals surface area contributed by atoms with Gasteiger partial charge in [-0.05, 0) is 24.3 Å². The van der Waals surface area contributed by atoms with Crippen molar-refractivity contribution >= 4 is 17.5 Å². The van der Waals surface area contributed by atoms with Gasteiger partial charge in [0.15, 0.2) is 11.6 Å². The summed E-state index contributed by atoms with van der Waals surface area (Å²) in [5, 5.41) is 17.8. The molecule has 1 N–H and O–H groups in total. The molecule has 1 amide bonds. The molecular formula is C21H26F3N7O2. The van der Waals surface area contributed by atoms with Crippen LogP contribution >= 0.6 is 0 Å². The van der Waals surface area contributed by atoms with E-state index >= 15 is 0 Å². The molecule has 2 aromatic heterocycles. The summed E-state index contributed by atoms with van der Waals surface area (Å²) < 4.78 is 38.0. The smallest absolute Gasteiger partial charge is 0.395 e. The molecule has 2 saturated heterocycles. The van der Waals surface area contributed by atoms with Gasteiger partial charge in [-0.15, -0.1) is 10.2 Å². The molecule has 0 radical (unpaired) electrons. The second-order valence-electron chi connectivity index (χ2n) is 8.01. The minimum atomic E-state index is -4.53. The highest BCUT2D eigenvalue weighted by molar-refractivity contribution is 5.94. The first-order valence-electron chi connectivity index (χ1n) is 10.8. The number of alkyl halides is 3. The topological polar surface area (TPSA) is 88.9 Å². The summed E-state index contributed by atoms with van der Waals surface area (Å²) in [5.74, 6) is 1.20. The van der Waals surface area contributed by atoms with Gasteiger partial charge >= 0.3 is 6.18 Å². The fourth-order valence-corrected chi connectivity index (χ4v) is 4.01. The van der Waals surface area contributed by atoms with Crippen LogP contribution in [0.1, 0.15) is 16.1 Å². The van der Waals surface area contributed by atoms with Gasteiger partial charge in [-0.3, -0.25) is 14.7 Å². The molecule has 2 aromatic rings. The molecule has 33 heavy (non-hydrogen) atoms. The predicted octanol–water partition coefficient (Wildman–Crippen LogP) is 0.967. The first-order valence-corrected chi connectivity index (χ1v) is 10.8. The number of aliphatic hydroxyl groups is 1. The largest absolute Gasteiger partial charge is 0.433 e. The average Bonchev–Trinajstić information content (AvgIpc) is 2.84. The van der Waals surface area contributed by atoms with E-state index in [1.807, 2.05) is 17.0 Å². The zero-order valence-electron chi connectivity index (χ0n) is 18.1. The van der Waals surface area contributed by atoms with Gasteiger partial charge in [-0.2, -0.15) is 13.2 Å². The van der Waals surface area contributed by atoms with Gasteiger partial charge in [0, 0.05) is 65.1 Å². The van der Waals surface area contributed by atoms with Crippen LogP contribution in [0.2, 0.25) is 0 Å². The number of nitrogens with zero attached hydrogens (tertiary/aromatic N) is 7. The summed E-state index contributed by atoms with van der Waals surface area (Å²) >= 11 is 0. The van der Waals surface area contributed by atoms with Crippen molar-refractivity contribution in [2.24, 2.45) is 0 Å². The number of carbonyl (C=O) groups excluding carboxylic acids is 1. The maximum Gasteiger partial charge on any atom is 0.433 e. The number of aliphatic hydroxyl groups excluding tert-OH is 1. The van der Waals surface area contributed by atoms with Crippen molar-refractivity contribution in [3.8, 4) is 0 Å². The van der Waals surface area contributed by atoms with Crippen LogP contribution < -0.4 is 9.80 Å². The van der Waals surface area contributed by atoms with Crippen molar-refractivity contribution in [1.82, 2.24) is 25.0 Å². The molecule has 0 unspecified atom stereocenters. The lowest BCUT2D eigenvalue weighted by atomic mass is 10.2. The zero-order chi connectivity index (χ0) is 23.4. The third-order valence-electron chi connectivity index (χ3n) is 5.94. The highest BCUT2D eigenvalue weighted by Crippen LogP contribution is 2.27. The Balaban J connectivity index is 1.29. The Morgan fingerprint density at radius 1 is 0.879 bits per heavy atom. The molecule has 0 atom stereocenters. The van der Waals surface area contributed by atoms with E-state index in [9.17, 15) is 18.0 Å². The number of carbonyl (C=O) groups is 1. The highest BCUT2D eigenvalue weighted by atomic mass is 19.4. The fourth-order valence-electron chi connectivity index (χ4n) is 4.01. The maximum atomic E-state index is 12.7. The van der Waals surface area contributed by atoms with Gasteiger partial charge in [0.05, 0.1) is 12.2 Å². The van der Waals surface area contributed by atoms with Gasteiger partial charge < -0.3 is 19.8 Å². The van der Waals surface area contributed by atoms with E-state index in [4.69, 9.17) is 5.11 Å². The number of rotatable bonds is 5. The summed E-state index contributed by atoms with van der Waals surface area (Å²) in [6.07, 6.45) is -3.55. The Hall–Kier alpha value is -2.99. The molecule has 9 nitrogen and oxygen atoms in total. The lowest BCUT2D eigenvalue weighted by molar-refractivity contribution is -0.141. The number of hydrogen-bond donors (Lipinski definition) is 1. The van der Waals surface area contributed by atoms with Crippen molar-refractivity contribution in [2.75, 3.05) is 75.3 Å². The van der Waals surface area contributed by atoms with Crippen molar-refractivity contribution in [3.05, 3.63) is 41.7 Å². The number of halogens is 3. The number of pyridine rings is 1. The SMILES string of the molecule is O=C(c1ccc(C(F)(F)F)nc1)N1CCN(c2ccc(N3CCN(CCO)CC3)nn2)CC1. The van der Waals surface area contributed by atoms with Crippen LogP contribution in [0.25, 0.3) is 0 Å². The van der Waals surface area contributed by atoms with E-state index in [0.29, 0.717) is 32.7 Å². The summed E-state index contributed by atoms with van der Waals surface area (Å²) in [7, 11) is 0. The quantitative estimate of drug-likeness (QED) is 0.699. The third-order valence-corrected chi connectivity index (χ3v) is 5.94. The minimum Gasteiger partial charge on any atom is -0.395 e. The number of piperazine rings is 2. The lowest BCUT2D eigenvalue weighted by Crippen LogP contribution is -2.49. The van der Waals surface area contributed by atoms with E-state index in [2.05, 4.69) is 25.0 Å². The van der Waals surface area contributed by atoms with E-state index in [-0.39, 0.29) is 18.1 Å². The molecule has 0 bridgehead atoms. The second kappa shape index (κ2) is 9.87. The standard InChI is InChI=1S/C21H26F3N7O2/c22-21(23,24)17-2-1-16(15-25-17)20(33)31-11-9-30(10-12-31)19-4-3-18(26-27-19)29-7-5-28(6-8-29)13-14-32/h1-4,15,32H,5-14H2. The molecular weight excluding hydrogens is 439 g/mol. The summed E-state index contributed by atoms with van der Waals surface area (Å²) in [5.41, 5.74) is -0.877. The van der Waals surface area contributed by atoms with Crippen LogP contribution in [0.5, 0.6) is 0 Å².